The number of hydrogen-bond acceptors (Lipinski definition) is 7. The molecule has 8 nitrogen and oxygen atoms in total. The number of benzene rings is 2. The van der Waals surface area contributed by atoms with Crippen molar-refractivity contribution in [3.63, 3.8) is 0 Å². The molecule has 2 aromatic carbocycles. The van der Waals surface area contributed by atoms with Crippen molar-refractivity contribution >= 4 is 23.4 Å². The molecule has 0 radical (unpaired) electrons. The molecular formula is C21H21N5O3. The Labute approximate surface area is 168 Å². The van der Waals surface area contributed by atoms with Crippen molar-refractivity contribution in [3.8, 4) is 16.9 Å². The third-order valence-corrected chi connectivity index (χ3v) is 4.64. The topological polar surface area (TPSA) is 114 Å². The van der Waals surface area contributed by atoms with Crippen LogP contribution < -0.4 is 11.1 Å². The highest BCUT2D eigenvalue weighted by Gasteiger charge is 2.18. The van der Waals surface area contributed by atoms with Crippen LogP contribution in [0.5, 0.6) is 5.75 Å². The van der Waals surface area contributed by atoms with Gasteiger partial charge in [-0.1, -0.05) is 18.2 Å². The van der Waals surface area contributed by atoms with E-state index in [-0.39, 0.29) is 17.5 Å². The smallest absolute Gasteiger partial charge is 0.254 e. The van der Waals surface area contributed by atoms with Gasteiger partial charge in [0.15, 0.2) is 0 Å². The summed E-state index contributed by atoms with van der Waals surface area (Å²) in [7, 11) is 0. The van der Waals surface area contributed by atoms with Crippen LogP contribution in [-0.4, -0.2) is 52.2 Å². The zero-order valence-corrected chi connectivity index (χ0v) is 15.7. The fourth-order valence-electron chi connectivity index (χ4n) is 3.16. The van der Waals surface area contributed by atoms with E-state index in [1.807, 2.05) is 12.1 Å². The van der Waals surface area contributed by atoms with Crippen molar-refractivity contribution < 1.29 is 14.6 Å². The second-order valence-corrected chi connectivity index (χ2v) is 6.65. The second kappa shape index (κ2) is 8.15. The lowest BCUT2D eigenvalue weighted by Crippen LogP contribution is -2.40. The number of anilines is 3. The normalized spacial score (nSPS) is 13.9. The van der Waals surface area contributed by atoms with Gasteiger partial charge in [0.1, 0.15) is 11.6 Å². The number of rotatable bonds is 4. The van der Waals surface area contributed by atoms with Crippen molar-refractivity contribution in [1.82, 2.24) is 14.9 Å². The van der Waals surface area contributed by atoms with Gasteiger partial charge in [-0.25, -0.2) is 4.98 Å². The molecule has 4 N–H and O–H groups in total. The number of nitrogens with zero attached hydrogens (tertiary/aromatic N) is 3. The number of phenolic OH excluding ortho intramolecular Hbond substituents is 1. The zero-order chi connectivity index (χ0) is 20.2. The largest absolute Gasteiger partial charge is 0.508 e. The summed E-state index contributed by atoms with van der Waals surface area (Å²) in [6, 6.07) is 13.9. The second-order valence-electron chi connectivity index (χ2n) is 6.65. The van der Waals surface area contributed by atoms with Crippen molar-refractivity contribution in [1.29, 1.82) is 0 Å². The number of nitrogens with one attached hydrogen (secondary N) is 1. The maximum absolute atomic E-state index is 12.7. The maximum atomic E-state index is 12.7. The lowest BCUT2D eigenvalue weighted by Gasteiger charge is -2.27. The number of aromatic hydroxyl groups is 1. The molecule has 3 aromatic rings. The number of aromatic nitrogens is 2. The molecule has 148 valence electrons. The predicted molar refractivity (Wildman–Crippen MR) is 110 cm³/mol. The first-order valence-corrected chi connectivity index (χ1v) is 9.26. The van der Waals surface area contributed by atoms with E-state index in [2.05, 4.69) is 15.3 Å². The number of ether oxygens (including phenoxy) is 1. The quantitative estimate of drug-likeness (QED) is 0.626. The zero-order valence-electron chi connectivity index (χ0n) is 15.7. The Bertz CT molecular complexity index is 1030. The molecule has 1 aliphatic rings. The molecule has 4 rings (SSSR count). The van der Waals surface area contributed by atoms with Crippen molar-refractivity contribution in [3.05, 3.63) is 60.3 Å². The molecule has 1 aromatic heterocycles. The number of carbonyl (C=O) groups excluding carboxylic acids is 1. The molecule has 1 amide bonds. The van der Waals surface area contributed by atoms with Crippen LogP contribution in [-0.2, 0) is 4.74 Å². The molecule has 29 heavy (non-hydrogen) atoms. The Hall–Kier alpha value is -3.65. The Kier molecular flexibility index (Phi) is 5.26. The summed E-state index contributed by atoms with van der Waals surface area (Å²) in [5.41, 5.74) is 8.72. The van der Waals surface area contributed by atoms with E-state index < -0.39 is 0 Å². The predicted octanol–water partition coefficient (Wildman–Crippen LogP) is 2.65. The molecule has 1 saturated heterocycles. The van der Waals surface area contributed by atoms with Crippen LogP contribution in [0, 0.1) is 0 Å². The Morgan fingerprint density at radius 1 is 1.14 bits per heavy atom. The number of phenols is 1. The number of carbonyl (C=O) groups is 1. The van der Waals surface area contributed by atoms with Crippen molar-refractivity contribution in [2.75, 3.05) is 37.4 Å². The molecule has 0 spiro atoms. The highest BCUT2D eigenvalue weighted by molar-refractivity contribution is 5.95. The molecule has 8 heteroatoms. The van der Waals surface area contributed by atoms with Crippen LogP contribution in [0.15, 0.2) is 54.7 Å². The van der Waals surface area contributed by atoms with Gasteiger partial charge in [0, 0.05) is 36.1 Å². The van der Waals surface area contributed by atoms with Crippen LogP contribution in [0.25, 0.3) is 11.1 Å². The molecule has 1 fully saturated rings. The van der Waals surface area contributed by atoms with Gasteiger partial charge in [0.25, 0.3) is 5.91 Å². The lowest BCUT2D eigenvalue weighted by molar-refractivity contribution is 0.0303. The van der Waals surface area contributed by atoms with Crippen LogP contribution in [0.1, 0.15) is 10.4 Å². The number of amides is 1. The fourth-order valence-corrected chi connectivity index (χ4v) is 3.16. The molecule has 0 unspecified atom stereocenters. The van der Waals surface area contributed by atoms with Crippen LogP contribution in [0.3, 0.4) is 0 Å². The number of nitrogen functional groups attached to an aromatic ring is 1. The van der Waals surface area contributed by atoms with E-state index in [4.69, 9.17) is 10.5 Å². The van der Waals surface area contributed by atoms with Gasteiger partial charge in [0.05, 0.1) is 13.2 Å². The minimum atomic E-state index is -0.0309. The van der Waals surface area contributed by atoms with Gasteiger partial charge in [-0.2, -0.15) is 4.98 Å². The van der Waals surface area contributed by atoms with Gasteiger partial charge in [-0.3, -0.25) is 4.79 Å². The van der Waals surface area contributed by atoms with Crippen molar-refractivity contribution in [2.45, 2.75) is 0 Å². The first-order valence-electron chi connectivity index (χ1n) is 9.26. The summed E-state index contributed by atoms with van der Waals surface area (Å²) in [6.07, 6.45) is 1.60. The van der Waals surface area contributed by atoms with Crippen LogP contribution in [0.2, 0.25) is 0 Å². The van der Waals surface area contributed by atoms with E-state index in [1.165, 1.54) is 0 Å². The number of hydrogen-bond donors (Lipinski definition) is 3. The van der Waals surface area contributed by atoms with Gasteiger partial charge >= 0.3 is 0 Å². The lowest BCUT2D eigenvalue weighted by atomic mass is 10.1. The average molecular weight is 391 g/mol. The van der Waals surface area contributed by atoms with Gasteiger partial charge in [-0.15, -0.1) is 0 Å². The monoisotopic (exact) mass is 391 g/mol. The van der Waals surface area contributed by atoms with Gasteiger partial charge in [-0.05, 0) is 35.9 Å². The maximum Gasteiger partial charge on any atom is 0.254 e. The third-order valence-electron chi connectivity index (χ3n) is 4.64. The van der Waals surface area contributed by atoms with E-state index in [1.54, 1.807) is 47.5 Å². The Morgan fingerprint density at radius 2 is 1.93 bits per heavy atom. The van der Waals surface area contributed by atoms with Crippen LogP contribution >= 0.6 is 0 Å². The molecule has 1 aliphatic heterocycles. The summed E-state index contributed by atoms with van der Waals surface area (Å²) in [4.78, 5) is 23.0. The Balaban J connectivity index is 1.52. The molecule has 2 heterocycles. The first kappa shape index (κ1) is 18.7. The number of nitrogens with two attached hydrogens (primary N) is 1. The van der Waals surface area contributed by atoms with Crippen molar-refractivity contribution in [2.24, 2.45) is 0 Å². The molecule has 0 atom stereocenters. The van der Waals surface area contributed by atoms with E-state index in [0.29, 0.717) is 49.1 Å². The van der Waals surface area contributed by atoms with E-state index in [9.17, 15) is 9.90 Å². The summed E-state index contributed by atoms with van der Waals surface area (Å²) in [6.45, 7) is 2.30. The van der Waals surface area contributed by atoms with Gasteiger partial charge < -0.3 is 25.8 Å². The molecular weight excluding hydrogens is 370 g/mol. The van der Waals surface area contributed by atoms with Gasteiger partial charge in [0.2, 0.25) is 5.95 Å². The summed E-state index contributed by atoms with van der Waals surface area (Å²) >= 11 is 0. The van der Waals surface area contributed by atoms with E-state index in [0.717, 1.165) is 5.56 Å². The molecule has 0 bridgehead atoms. The summed E-state index contributed by atoms with van der Waals surface area (Å²) in [5.74, 6) is 0.721. The Morgan fingerprint density at radius 3 is 2.69 bits per heavy atom. The average Bonchev–Trinajstić information content (AvgIpc) is 2.74. The number of morpholine rings is 1. The van der Waals surface area contributed by atoms with E-state index >= 15 is 0 Å². The fraction of sp³-hybridized carbons (Fsp3) is 0.190. The molecule has 0 saturated carbocycles. The first-order chi connectivity index (χ1) is 14.1. The standard InChI is InChI=1S/C21H21N5O3/c22-19-18(14-3-2-6-17(27)12-14)13-23-21(25-19)24-16-5-1-4-15(11-16)20(28)26-7-9-29-10-8-26/h1-6,11-13,27H,7-10H2,(H3,22,23,24,25). The summed E-state index contributed by atoms with van der Waals surface area (Å²) in [5, 5.41) is 12.7. The van der Waals surface area contributed by atoms with Crippen LogP contribution in [0.4, 0.5) is 17.5 Å². The molecule has 0 aliphatic carbocycles. The minimum Gasteiger partial charge on any atom is -0.508 e. The highest BCUT2D eigenvalue weighted by Crippen LogP contribution is 2.27. The third kappa shape index (κ3) is 4.27. The minimum absolute atomic E-state index is 0.0309. The SMILES string of the molecule is Nc1nc(Nc2cccc(C(=O)N3CCOCC3)c2)ncc1-c1cccc(O)c1. The summed E-state index contributed by atoms with van der Waals surface area (Å²) < 4.78 is 5.30. The highest BCUT2D eigenvalue weighted by atomic mass is 16.5.